The van der Waals surface area contributed by atoms with Crippen LogP contribution < -0.4 is 5.32 Å². The first-order chi connectivity index (χ1) is 7.85. The van der Waals surface area contributed by atoms with Gasteiger partial charge in [0.15, 0.2) is 0 Å². The molecule has 0 spiro atoms. The minimum Gasteiger partial charge on any atom is -0.508 e. The lowest BCUT2D eigenvalue weighted by molar-refractivity contribution is 0.0933. The van der Waals surface area contributed by atoms with Gasteiger partial charge in [0.2, 0.25) is 0 Å². The van der Waals surface area contributed by atoms with Gasteiger partial charge >= 0.3 is 0 Å². The highest BCUT2D eigenvalue weighted by Gasteiger charge is 2.18. The molecule has 1 aromatic carbocycles. The van der Waals surface area contributed by atoms with E-state index in [2.05, 4.69) is 26.1 Å². The quantitative estimate of drug-likeness (QED) is 0.752. The molecule has 0 radical (unpaired) electrons. The topological polar surface area (TPSA) is 69.6 Å². The first-order valence-corrected chi connectivity index (χ1v) is 5.66. The number of phenolic OH excluding ortho intramolecular Hbond substituents is 2. The zero-order valence-corrected chi connectivity index (χ0v) is 10.4. The van der Waals surface area contributed by atoms with E-state index in [9.17, 15) is 9.90 Å². The predicted molar refractivity (Wildman–Crippen MR) is 66.2 cm³/mol. The average molecular weight is 237 g/mol. The molecule has 0 heterocycles. The summed E-state index contributed by atoms with van der Waals surface area (Å²) in [6, 6.07) is 3.93. The highest BCUT2D eigenvalue weighted by Crippen LogP contribution is 2.23. The van der Waals surface area contributed by atoms with Crippen molar-refractivity contribution in [2.75, 3.05) is 6.54 Å². The van der Waals surface area contributed by atoms with Crippen molar-refractivity contribution in [2.45, 2.75) is 27.2 Å². The minimum absolute atomic E-state index is 0.0300. The molecule has 0 aliphatic rings. The van der Waals surface area contributed by atoms with Gasteiger partial charge in [0.1, 0.15) is 11.5 Å². The number of rotatable bonds is 4. The first kappa shape index (κ1) is 13.4. The fourth-order valence-corrected chi connectivity index (χ4v) is 1.25. The molecule has 4 nitrogen and oxygen atoms in total. The normalized spacial score (nSPS) is 11.2. The lowest BCUT2D eigenvalue weighted by Gasteiger charge is -2.22. The maximum atomic E-state index is 11.8. The van der Waals surface area contributed by atoms with Crippen LogP contribution in [0.2, 0.25) is 0 Å². The summed E-state index contributed by atoms with van der Waals surface area (Å²) < 4.78 is 0. The van der Waals surface area contributed by atoms with Crippen LogP contribution in [0.1, 0.15) is 37.6 Å². The third kappa shape index (κ3) is 3.66. The second-order valence-electron chi connectivity index (χ2n) is 4.90. The number of nitrogens with one attached hydrogen (secondary N) is 1. The van der Waals surface area contributed by atoms with Gasteiger partial charge < -0.3 is 15.5 Å². The van der Waals surface area contributed by atoms with Gasteiger partial charge in [-0.2, -0.15) is 0 Å². The SMILES string of the molecule is CCC(C)(C)CNC(=O)c1ccc(O)cc1O. The standard InChI is InChI=1S/C13H19NO3/c1-4-13(2,3)8-14-12(17)10-6-5-9(15)7-11(10)16/h5-7,15-16H,4,8H2,1-3H3,(H,14,17). The van der Waals surface area contributed by atoms with Gasteiger partial charge in [0.05, 0.1) is 5.56 Å². The van der Waals surface area contributed by atoms with Gasteiger partial charge in [0.25, 0.3) is 5.91 Å². The molecule has 0 unspecified atom stereocenters. The summed E-state index contributed by atoms with van der Waals surface area (Å²) in [6.07, 6.45) is 0.953. The van der Waals surface area contributed by atoms with E-state index < -0.39 is 0 Å². The molecule has 0 aliphatic carbocycles. The van der Waals surface area contributed by atoms with Crippen LogP contribution in [-0.2, 0) is 0 Å². The number of amides is 1. The number of carbonyl (C=O) groups excluding carboxylic acids is 1. The Morgan fingerprint density at radius 1 is 1.35 bits per heavy atom. The van der Waals surface area contributed by atoms with Crippen molar-refractivity contribution in [3.05, 3.63) is 23.8 Å². The van der Waals surface area contributed by atoms with E-state index in [0.29, 0.717) is 6.54 Å². The van der Waals surface area contributed by atoms with Crippen LogP contribution in [0.5, 0.6) is 11.5 Å². The van der Waals surface area contributed by atoms with Gasteiger partial charge in [-0.25, -0.2) is 0 Å². The minimum atomic E-state index is -0.330. The summed E-state index contributed by atoms with van der Waals surface area (Å²) in [5, 5.41) is 21.4. The predicted octanol–water partition coefficient (Wildman–Crippen LogP) is 2.26. The molecule has 4 heteroatoms. The number of aromatic hydroxyl groups is 2. The van der Waals surface area contributed by atoms with Gasteiger partial charge in [-0.15, -0.1) is 0 Å². The van der Waals surface area contributed by atoms with Gasteiger partial charge in [-0.1, -0.05) is 20.8 Å². The monoisotopic (exact) mass is 237 g/mol. The Bertz CT molecular complexity index is 413. The van der Waals surface area contributed by atoms with E-state index in [4.69, 9.17) is 5.11 Å². The van der Waals surface area contributed by atoms with Crippen LogP contribution in [-0.4, -0.2) is 22.7 Å². The zero-order chi connectivity index (χ0) is 13.1. The van der Waals surface area contributed by atoms with E-state index in [1.54, 1.807) is 0 Å². The Morgan fingerprint density at radius 2 is 2.00 bits per heavy atom. The van der Waals surface area contributed by atoms with Gasteiger partial charge in [-0.05, 0) is 24.0 Å². The molecule has 0 aromatic heterocycles. The highest BCUT2D eigenvalue weighted by molar-refractivity contribution is 5.97. The van der Waals surface area contributed by atoms with Crippen LogP contribution in [0, 0.1) is 5.41 Å². The smallest absolute Gasteiger partial charge is 0.255 e. The fourth-order valence-electron chi connectivity index (χ4n) is 1.25. The molecule has 0 aliphatic heterocycles. The molecule has 17 heavy (non-hydrogen) atoms. The Labute approximate surface area is 101 Å². The number of phenols is 2. The Balaban J connectivity index is 2.71. The molecule has 3 N–H and O–H groups in total. The summed E-state index contributed by atoms with van der Waals surface area (Å²) in [7, 11) is 0. The summed E-state index contributed by atoms with van der Waals surface area (Å²) in [5.74, 6) is -0.603. The molecule has 94 valence electrons. The van der Waals surface area contributed by atoms with Crippen molar-refractivity contribution in [3.8, 4) is 11.5 Å². The Morgan fingerprint density at radius 3 is 2.53 bits per heavy atom. The van der Waals surface area contributed by atoms with Crippen LogP contribution in [0.3, 0.4) is 0 Å². The van der Waals surface area contributed by atoms with Crippen molar-refractivity contribution in [1.82, 2.24) is 5.32 Å². The molecule has 0 saturated heterocycles. The molecule has 0 fully saturated rings. The first-order valence-electron chi connectivity index (χ1n) is 5.66. The third-order valence-electron chi connectivity index (χ3n) is 2.91. The molecular weight excluding hydrogens is 218 g/mol. The lowest BCUT2D eigenvalue weighted by atomic mass is 9.90. The number of carbonyl (C=O) groups is 1. The van der Waals surface area contributed by atoms with Crippen LogP contribution in [0.15, 0.2) is 18.2 Å². The number of benzene rings is 1. The molecule has 1 amide bonds. The highest BCUT2D eigenvalue weighted by atomic mass is 16.3. The summed E-state index contributed by atoms with van der Waals surface area (Å²) in [4.78, 5) is 11.8. The molecular formula is C13H19NO3. The lowest BCUT2D eigenvalue weighted by Crippen LogP contribution is -2.33. The molecule has 0 atom stereocenters. The van der Waals surface area contributed by atoms with Crippen molar-refractivity contribution < 1.29 is 15.0 Å². The fraction of sp³-hybridized carbons (Fsp3) is 0.462. The van der Waals surface area contributed by atoms with E-state index in [1.165, 1.54) is 12.1 Å². The third-order valence-corrected chi connectivity index (χ3v) is 2.91. The summed E-state index contributed by atoms with van der Waals surface area (Å²) >= 11 is 0. The average Bonchev–Trinajstić information content (AvgIpc) is 2.26. The Kier molecular flexibility index (Phi) is 3.99. The van der Waals surface area contributed by atoms with Gasteiger partial charge in [0, 0.05) is 12.6 Å². The molecule has 1 rings (SSSR count). The van der Waals surface area contributed by atoms with E-state index in [1.807, 2.05) is 0 Å². The number of hydrogen-bond acceptors (Lipinski definition) is 3. The second-order valence-corrected chi connectivity index (χ2v) is 4.90. The van der Waals surface area contributed by atoms with E-state index in [-0.39, 0.29) is 28.4 Å². The maximum Gasteiger partial charge on any atom is 0.255 e. The zero-order valence-electron chi connectivity index (χ0n) is 10.4. The van der Waals surface area contributed by atoms with Crippen LogP contribution in [0.25, 0.3) is 0 Å². The van der Waals surface area contributed by atoms with E-state index in [0.717, 1.165) is 12.5 Å². The summed E-state index contributed by atoms with van der Waals surface area (Å²) in [6.45, 7) is 6.72. The molecule has 0 bridgehead atoms. The van der Waals surface area contributed by atoms with Crippen LogP contribution >= 0.6 is 0 Å². The summed E-state index contributed by atoms with van der Waals surface area (Å²) in [5.41, 5.74) is 0.206. The largest absolute Gasteiger partial charge is 0.508 e. The van der Waals surface area contributed by atoms with Crippen LogP contribution in [0.4, 0.5) is 0 Å². The van der Waals surface area contributed by atoms with E-state index >= 15 is 0 Å². The maximum absolute atomic E-state index is 11.8. The number of hydrogen-bond donors (Lipinski definition) is 3. The molecule has 0 saturated carbocycles. The van der Waals surface area contributed by atoms with Gasteiger partial charge in [-0.3, -0.25) is 4.79 Å². The van der Waals surface area contributed by atoms with Crippen molar-refractivity contribution in [1.29, 1.82) is 0 Å². The molecule has 1 aromatic rings. The Hall–Kier alpha value is -1.71. The van der Waals surface area contributed by atoms with Crippen molar-refractivity contribution in [2.24, 2.45) is 5.41 Å². The van der Waals surface area contributed by atoms with Crippen molar-refractivity contribution in [3.63, 3.8) is 0 Å². The second kappa shape index (κ2) is 5.08. The van der Waals surface area contributed by atoms with Crippen molar-refractivity contribution >= 4 is 5.91 Å².